The number of benzene rings is 2. The Morgan fingerprint density at radius 1 is 1.04 bits per heavy atom. The molecule has 4 aromatic rings. The molecular formula is C20H18NO2S+. The number of nitrogens with two attached hydrogens (primary N) is 1. The summed E-state index contributed by atoms with van der Waals surface area (Å²) in [4.78, 5) is 13.3. The van der Waals surface area contributed by atoms with Gasteiger partial charge in [0.05, 0.1) is 6.54 Å². The molecule has 2 heterocycles. The molecule has 2 aromatic carbocycles. The lowest BCUT2D eigenvalue weighted by atomic mass is 10.0. The summed E-state index contributed by atoms with van der Waals surface area (Å²) in [5.41, 5.74) is 1.44. The third-order valence-corrected chi connectivity index (χ3v) is 5.19. The zero-order valence-corrected chi connectivity index (χ0v) is 14.0. The van der Waals surface area contributed by atoms with Crippen LogP contribution < -0.4 is 10.9 Å². The van der Waals surface area contributed by atoms with E-state index < -0.39 is 0 Å². The molecule has 0 aliphatic heterocycles. The van der Waals surface area contributed by atoms with Crippen molar-refractivity contribution >= 4 is 33.1 Å². The number of thiophene rings is 1. The molecule has 4 rings (SSSR count). The van der Waals surface area contributed by atoms with Gasteiger partial charge < -0.3 is 9.73 Å². The normalized spacial score (nSPS) is 11.3. The van der Waals surface area contributed by atoms with Crippen LogP contribution >= 0.6 is 11.3 Å². The van der Waals surface area contributed by atoms with E-state index in [0.29, 0.717) is 5.58 Å². The van der Waals surface area contributed by atoms with Crippen LogP contribution in [0.2, 0.25) is 0 Å². The highest BCUT2D eigenvalue weighted by molar-refractivity contribution is 7.09. The SMILES string of the molecule is O=c1cc(C[NH2+]CCc2cccs2)c2c(ccc3ccccc32)o1. The second kappa shape index (κ2) is 6.59. The van der Waals surface area contributed by atoms with Gasteiger partial charge in [0.15, 0.2) is 0 Å². The number of fused-ring (bicyclic) bond motifs is 3. The van der Waals surface area contributed by atoms with Crippen LogP contribution in [0.4, 0.5) is 0 Å². The Morgan fingerprint density at radius 2 is 1.96 bits per heavy atom. The van der Waals surface area contributed by atoms with Crippen molar-refractivity contribution in [1.29, 1.82) is 0 Å². The minimum absolute atomic E-state index is 0.278. The number of quaternary nitrogens is 1. The average Bonchev–Trinajstić information content (AvgIpc) is 3.11. The minimum atomic E-state index is -0.278. The van der Waals surface area contributed by atoms with Crippen molar-refractivity contribution in [2.75, 3.05) is 6.54 Å². The van der Waals surface area contributed by atoms with Crippen molar-refractivity contribution in [3.05, 3.63) is 80.8 Å². The van der Waals surface area contributed by atoms with Gasteiger partial charge in [-0.2, -0.15) is 0 Å². The van der Waals surface area contributed by atoms with E-state index in [9.17, 15) is 4.79 Å². The molecule has 0 aliphatic rings. The summed E-state index contributed by atoms with van der Waals surface area (Å²) in [6, 6.07) is 18.0. The zero-order chi connectivity index (χ0) is 16.4. The van der Waals surface area contributed by atoms with Gasteiger partial charge in [-0.25, -0.2) is 4.79 Å². The van der Waals surface area contributed by atoms with Gasteiger partial charge in [0.1, 0.15) is 12.1 Å². The van der Waals surface area contributed by atoms with E-state index in [0.717, 1.165) is 35.8 Å². The summed E-state index contributed by atoms with van der Waals surface area (Å²) in [7, 11) is 0. The molecule has 0 radical (unpaired) electrons. The van der Waals surface area contributed by atoms with Crippen LogP contribution in [0.25, 0.3) is 21.7 Å². The van der Waals surface area contributed by atoms with Crippen molar-refractivity contribution < 1.29 is 9.73 Å². The van der Waals surface area contributed by atoms with Gasteiger partial charge in [-0.1, -0.05) is 36.4 Å². The van der Waals surface area contributed by atoms with E-state index in [2.05, 4.69) is 35.0 Å². The van der Waals surface area contributed by atoms with Gasteiger partial charge in [0.25, 0.3) is 0 Å². The van der Waals surface area contributed by atoms with E-state index in [1.165, 1.54) is 10.3 Å². The first-order valence-corrected chi connectivity index (χ1v) is 8.98. The van der Waals surface area contributed by atoms with Gasteiger partial charge in [-0.3, -0.25) is 0 Å². The summed E-state index contributed by atoms with van der Waals surface area (Å²) >= 11 is 1.79. The zero-order valence-electron chi connectivity index (χ0n) is 13.2. The van der Waals surface area contributed by atoms with Gasteiger partial charge in [-0.05, 0) is 28.3 Å². The smallest absolute Gasteiger partial charge is 0.336 e. The number of hydrogen-bond acceptors (Lipinski definition) is 3. The second-order valence-electron chi connectivity index (χ2n) is 5.86. The Hall–Kier alpha value is -2.43. The van der Waals surface area contributed by atoms with Gasteiger partial charge in [0.2, 0.25) is 0 Å². The lowest BCUT2D eigenvalue weighted by molar-refractivity contribution is -0.669. The van der Waals surface area contributed by atoms with Crippen molar-refractivity contribution in [2.24, 2.45) is 0 Å². The first-order chi connectivity index (χ1) is 11.8. The number of rotatable bonds is 5. The maximum absolute atomic E-state index is 11.9. The van der Waals surface area contributed by atoms with Crippen LogP contribution in [0.3, 0.4) is 0 Å². The monoisotopic (exact) mass is 336 g/mol. The molecular weight excluding hydrogens is 318 g/mol. The summed E-state index contributed by atoms with van der Waals surface area (Å²) in [6.45, 7) is 1.79. The quantitative estimate of drug-likeness (QED) is 0.345. The third-order valence-electron chi connectivity index (χ3n) is 4.25. The van der Waals surface area contributed by atoms with Crippen LogP contribution in [-0.2, 0) is 13.0 Å². The average molecular weight is 336 g/mol. The first kappa shape index (κ1) is 15.1. The van der Waals surface area contributed by atoms with Crippen molar-refractivity contribution in [1.82, 2.24) is 0 Å². The van der Waals surface area contributed by atoms with E-state index in [1.807, 2.05) is 24.3 Å². The lowest BCUT2D eigenvalue weighted by Gasteiger charge is -2.08. The van der Waals surface area contributed by atoms with Crippen LogP contribution in [0, 0.1) is 0 Å². The van der Waals surface area contributed by atoms with Crippen molar-refractivity contribution in [3.63, 3.8) is 0 Å². The second-order valence-corrected chi connectivity index (χ2v) is 6.89. The molecule has 0 amide bonds. The first-order valence-electron chi connectivity index (χ1n) is 8.10. The van der Waals surface area contributed by atoms with E-state index in [-0.39, 0.29) is 5.63 Å². The van der Waals surface area contributed by atoms with Gasteiger partial charge in [0, 0.05) is 28.3 Å². The largest absolute Gasteiger partial charge is 0.423 e. The molecule has 0 spiro atoms. The van der Waals surface area contributed by atoms with Gasteiger partial charge >= 0.3 is 5.63 Å². The molecule has 0 unspecified atom stereocenters. The van der Waals surface area contributed by atoms with Crippen molar-refractivity contribution in [2.45, 2.75) is 13.0 Å². The molecule has 0 bridgehead atoms. The Bertz CT molecular complexity index is 1030. The van der Waals surface area contributed by atoms with Crippen LogP contribution in [0.5, 0.6) is 0 Å². The Morgan fingerprint density at radius 3 is 2.83 bits per heavy atom. The van der Waals surface area contributed by atoms with Crippen LogP contribution in [-0.4, -0.2) is 6.54 Å². The van der Waals surface area contributed by atoms with E-state index in [1.54, 1.807) is 17.4 Å². The summed E-state index contributed by atoms with van der Waals surface area (Å²) in [5.74, 6) is 0. The lowest BCUT2D eigenvalue weighted by Crippen LogP contribution is -2.83. The topological polar surface area (TPSA) is 46.8 Å². The molecule has 0 fully saturated rings. The highest BCUT2D eigenvalue weighted by atomic mass is 32.1. The highest BCUT2D eigenvalue weighted by Gasteiger charge is 2.10. The maximum atomic E-state index is 11.9. The summed E-state index contributed by atoms with van der Waals surface area (Å²) in [5, 5.41) is 7.73. The number of hydrogen-bond donors (Lipinski definition) is 1. The summed E-state index contributed by atoms with van der Waals surface area (Å²) in [6.07, 6.45) is 1.05. The standard InChI is InChI=1S/C20H17NO2S/c22-19-12-15(13-21-10-9-16-5-3-11-24-16)20-17-6-2-1-4-14(17)7-8-18(20)23-19/h1-8,11-12,21H,9-10,13H2/p+1. The molecule has 2 N–H and O–H groups in total. The molecule has 2 aromatic heterocycles. The minimum Gasteiger partial charge on any atom is -0.423 e. The Kier molecular flexibility index (Phi) is 4.15. The van der Waals surface area contributed by atoms with Crippen LogP contribution in [0.15, 0.2) is 69.2 Å². The third kappa shape index (κ3) is 2.98. The molecule has 4 heteroatoms. The predicted molar refractivity (Wildman–Crippen MR) is 98.5 cm³/mol. The Balaban J connectivity index is 1.66. The van der Waals surface area contributed by atoms with Gasteiger partial charge in [-0.15, -0.1) is 11.3 Å². The molecule has 120 valence electrons. The Labute approximate surface area is 143 Å². The molecule has 24 heavy (non-hydrogen) atoms. The van der Waals surface area contributed by atoms with Crippen LogP contribution in [0.1, 0.15) is 10.4 Å². The predicted octanol–water partition coefficient (Wildman–Crippen LogP) is 3.31. The van der Waals surface area contributed by atoms with E-state index in [4.69, 9.17) is 4.42 Å². The summed E-state index contributed by atoms with van der Waals surface area (Å²) < 4.78 is 5.41. The molecule has 0 atom stereocenters. The molecule has 0 aliphatic carbocycles. The van der Waals surface area contributed by atoms with Crippen molar-refractivity contribution in [3.8, 4) is 0 Å². The molecule has 0 saturated heterocycles. The molecule has 3 nitrogen and oxygen atoms in total. The fraction of sp³-hybridized carbons (Fsp3) is 0.150. The maximum Gasteiger partial charge on any atom is 0.336 e. The highest BCUT2D eigenvalue weighted by Crippen LogP contribution is 2.26. The van der Waals surface area contributed by atoms with E-state index >= 15 is 0 Å². The fourth-order valence-corrected chi connectivity index (χ4v) is 3.86. The fourth-order valence-electron chi connectivity index (χ4n) is 3.14. The molecule has 0 saturated carbocycles.